The Morgan fingerprint density at radius 3 is 2.76 bits per heavy atom. The average molecular weight is 332 g/mol. The van der Waals surface area contributed by atoms with Crippen LogP contribution in [-0.4, -0.2) is 20.0 Å². The van der Waals surface area contributed by atoms with Crippen molar-refractivity contribution in [2.24, 2.45) is 0 Å². The van der Waals surface area contributed by atoms with Crippen LogP contribution in [0.4, 0.5) is 5.69 Å². The highest BCUT2D eigenvalue weighted by atomic mass is 16.1. The predicted molar refractivity (Wildman–Crippen MR) is 101 cm³/mol. The van der Waals surface area contributed by atoms with E-state index in [1.54, 1.807) is 12.5 Å². The molecule has 5 nitrogen and oxygen atoms in total. The van der Waals surface area contributed by atoms with Crippen molar-refractivity contribution in [3.05, 3.63) is 61.2 Å². The van der Waals surface area contributed by atoms with Gasteiger partial charge in [0.1, 0.15) is 0 Å². The molecule has 4 aromatic rings. The number of nitrogens with one attached hydrogen (secondary N) is 1. The van der Waals surface area contributed by atoms with E-state index in [2.05, 4.69) is 58.2 Å². The van der Waals surface area contributed by atoms with Gasteiger partial charge in [0.15, 0.2) is 0 Å². The highest BCUT2D eigenvalue weighted by Crippen LogP contribution is 2.30. The molecule has 0 saturated heterocycles. The molecule has 0 atom stereocenters. The fraction of sp³-hybridized carbons (Fsp3) is 0.200. The van der Waals surface area contributed by atoms with Gasteiger partial charge in [-0.2, -0.15) is 0 Å². The van der Waals surface area contributed by atoms with Crippen molar-refractivity contribution in [1.29, 1.82) is 0 Å². The molecular formula is C20H20N4O. The van der Waals surface area contributed by atoms with Gasteiger partial charge in [-0.05, 0) is 31.2 Å². The summed E-state index contributed by atoms with van der Waals surface area (Å²) in [5.74, 6) is 0.00674. The van der Waals surface area contributed by atoms with E-state index >= 15 is 0 Å². The van der Waals surface area contributed by atoms with Gasteiger partial charge in [-0.3, -0.25) is 4.79 Å². The van der Waals surface area contributed by atoms with Crippen molar-refractivity contribution in [3.63, 3.8) is 0 Å². The first-order valence-corrected chi connectivity index (χ1v) is 8.53. The number of hydrogen-bond acceptors (Lipinski definition) is 2. The summed E-state index contributed by atoms with van der Waals surface area (Å²) in [5, 5.41) is 5.39. The Kier molecular flexibility index (Phi) is 3.98. The zero-order valence-corrected chi connectivity index (χ0v) is 14.1. The number of hydrogen-bond donors (Lipinski definition) is 1. The second-order valence-corrected chi connectivity index (χ2v) is 6.09. The molecule has 5 heteroatoms. The molecule has 0 radical (unpaired) electrons. The second-order valence-electron chi connectivity index (χ2n) is 6.09. The highest BCUT2D eigenvalue weighted by Gasteiger charge is 2.10. The Morgan fingerprint density at radius 2 is 1.96 bits per heavy atom. The Balaban J connectivity index is 1.60. The van der Waals surface area contributed by atoms with Crippen molar-refractivity contribution in [1.82, 2.24) is 14.1 Å². The minimum absolute atomic E-state index is 0.00674. The third kappa shape index (κ3) is 2.89. The molecule has 0 fully saturated rings. The summed E-state index contributed by atoms with van der Waals surface area (Å²) >= 11 is 0. The van der Waals surface area contributed by atoms with Crippen molar-refractivity contribution in [3.8, 4) is 0 Å². The summed E-state index contributed by atoms with van der Waals surface area (Å²) in [5.41, 5.74) is 3.26. The van der Waals surface area contributed by atoms with Crippen LogP contribution in [0.2, 0.25) is 0 Å². The molecule has 2 aromatic carbocycles. The van der Waals surface area contributed by atoms with Crippen molar-refractivity contribution >= 4 is 33.4 Å². The molecular weight excluding hydrogens is 312 g/mol. The van der Waals surface area contributed by atoms with E-state index in [1.165, 1.54) is 21.8 Å². The quantitative estimate of drug-likeness (QED) is 0.600. The largest absolute Gasteiger partial charge is 0.341 e. The zero-order valence-electron chi connectivity index (χ0n) is 14.1. The van der Waals surface area contributed by atoms with Gasteiger partial charge in [-0.15, -0.1) is 0 Å². The number of aromatic nitrogens is 3. The number of benzene rings is 2. The van der Waals surface area contributed by atoms with E-state index in [9.17, 15) is 4.79 Å². The maximum atomic E-state index is 12.2. The lowest BCUT2D eigenvalue weighted by atomic mass is 10.1. The molecule has 25 heavy (non-hydrogen) atoms. The smallest absolute Gasteiger partial charge is 0.226 e. The van der Waals surface area contributed by atoms with E-state index in [1.807, 2.05) is 16.8 Å². The van der Waals surface area contributed by atoms with Crippen LogP contribution in [-0.2, 0) is 17.9 Å². The third-order valence-corrected chi connectivity index (χ3v) is 4.53. The molecule has 0 saturated carbocycles. The molecule has 0 aliphatic rings. The van der Waals surface area contributed by atoms with Gasteiger partial charge in [0.2, 0.25) is 5.91 Å². The van der Waals surface area contributed by atoms with Gasteiger partial charge in [0.05, 0.1) is 6.33 Å². The number of anilines is 1. The van der Waals surface area contributed by atoms with E-state index in [0.29, 0.717) is 13.0 Å². The Labute approximate surface area is 145 Å². The molecule has 2 aromatic heterocycles. The topological polar surface area (TPSA) is 51.9 Å². The van der Waals surface area contributed by atoms with Gasteiger partial charge in [-0.25, -0.2) is 4.98 Å². The molecule has 0 bridgehead atoms. The first-order chi connectivity index (χ1) is 12.3. The normalized spacial score (nSPS) is 11.2. The van der Waals surface area contributed by atoms with Gasteiger partial charge < -0.3 is 14.5 Å². The lowest BCUT2D eigenvalue weighted by Crippen LogP contribution is -2.13. The molecule has 1 amide bonds. The van der Waals surface area contributed by atoms with Crippen LogP contribution in [0.15, 0.2) is 61.2 Å². The third-order valence-electron chi connectivity index (χ3n) is 4.53. The second kappa shape index (κ2) is 6.43. The number of nitrogens with zero attached hydrogens (tertiary/aromatic N) is 3. The predicted octanol–water partition coefficient (Wildman–Crippen LogP) is 4.04. The number of aryl methyl sites for hydroxylation is 2. The summed E-state index contributed by atoms with van der Waals surface area (Å²) in [7, 11) is 0. The summed E-state index contributed by atoms with van der Waals surface area (Å²) < 4.78 is 4.20. The highest BCUT2D eigenvalue weighted by molar-refractivity contribution is 6.09. The molecule has 0 spiro atoms. The van der Waals surface area contributed by atoms with Crippen LogP contribution in [0.25, 0.3) is 21.8 Å². The summed E-state index contributed by atoms with van der Waals surface area (Å²) in [4.78, 5) is 16.2. The van der Waals surface area contributed by atoms with Gasteiger partial charge in [0.25, 0.3) is 0 Å². The van der Waals surface area contributed by atoms with Gasteiger partial charge in [-0.1, -0.05) is 18.2 Å². The SMILES string of the molecule is CCn1c2ccccc2c2cc(NC(=O)CCn3ccnc3)ccc21. The maximum absolute atomic E-state index is 12.2. The molecule has 4 rings (SSSR count). The molecule has 0 unspecified atom stereocenters. The number of para-hydroxylation sites is 1. The Bertz CT molecular complexity index is 1030. The number of carbonyl (C=O) groups is 1. The summed E-state index contributed by atoms with van der Waals surface area (Å²) in [6.45, 7) is 3.70. The van der Waals surface area contributed by atoms with Crippen molar-refractivity contribution in [2.45, 2.75) is 26.4 Å². The first-order valence-electron chi connectivity index (χ1n) is 8.53. The first kappa shape index (κ1) is 15.4. The van der Waals surface area contributed by atoms with E-state index in [-0.39, 0.29) is 5.91 Å². The lowest BCUT2D eigenvalue weighted by Gasteiger charge is -2.07. The molecule has 126 valence electrons. The zero-order chi connectivity index (χ0) is 17.2. The van der Waals surface area contributed by atoms with Gasteiger partial charge in [0, 0.05) is 59.4 Å². The average Bonchev–Trinajstić information content (AvgIpc) is 3.25. The number of carbonyl (C=O) groups excluding carboxylic acids is 1. The lowest BCUT2D eigenvalue weighted by molar-refractivity contribution is -0.116. The minimum atomic E-state index is 0.00674. The number of amides is 1. The number of rotatable bonds is 5. The van der Waals surface area contributed by atoms with Crippen LogP contribution in [0.3, 0.4) is 0 Å². The fourth-order valence-electron chi connectivity index (χ4n) is 3.35. The van der Waals surface area contributed by atoms with Gasteiger partial charge >= 0.3 is 0 Å². The monoisotopic (exact) mass is 332 g/mol. The number of fused-ring (bicyclic) bond motifs is 3. The van der Waals surface area contributed by atoms with Crippen LogP contribution in [0, 0.1) is 0 Å². The summed E-state index contributed by atoms with van der Waals surface area (Å²) in [6, 6.07) is 14.5. The van der Waals surface area contributed by atoms with E-state index in [4.69, 9.17) is 0 Å². The van der Waals surface area contributed by atoms with Crippen molar-refractivity contribution in [2.75, 3.05) is 5.32 Å². The van der Waals surface area contributed by atoms with E-state index in [0.717, 1.165) is 12.2 Å². The molecule has 0 aliphatic carbocycles. The van der Waals surface area contributed by atoms with Crippen LogP contribution in [0.1, 0.15) is 13.3 Å². The minimum Gasteiger partial charge on any atom is -0.341 e. The fourth-order valence-corrected chi connectivity index (χ4v) is 3.35. The van der Waals surface area contributed by atoms with Crippen LogP contribution < -0.4 is 5.32 Å². The van der Waals surface area contributed by atoms with E-state index < -0.39 is 0 Å². The Hall–Kier alpha value is -3.08. The number of imidazole rings is 1. The Morgan fingerprint density at radius 1 is 1.12 bits per heavy atom. The maximum Gasteiger partial charge on any atom is 0.226 e. The molecule has 1 N–H and O–H groups in total. The standard InChI is InChI=1S/C20H20N4O/c1-2-24-18-6-4-3-5-16(18)17-13-15(7-8-19(17)24)22-20(25)9-11-23-12-10-21-14-23/h3-8,10,12-14H,2,9,11H2,1H3,(H,22,25). The van der Waals surface area contributed by atoms with Crippen molar-refractivity contribution < 1.29 is 4.79 Å². The molecule has 2 heterocycles. The molecule has 0 aliphatic heterocycles. The summed E-state index contributed by atoms with van der Waals surface area (Å²) in [6.07, 6.45) is 5.72. The van der Waals surface area contributed by atoms with Crippen LogP contribution in [0.5, 0.6) is 0 Å². The van der Waals surface area contributed by atoms with Crippen LogP contribution >= 0.6 is 0 Å².